The number of rotatable bonds is 3. The average molecular weight is 296 g/mol. The number of carbonyl (C=O) groups is 2. The number of hydrogen-bond acceptors (Lipinski definition) is 3. The maximum atomic E-state index is 12.6. The van der Waals surface area contributed by atoms with Crippen molar-refractivity contribution < 1.29 is 14.7 Å². The summed E-state index contributed by atoms with van der Waals surface area (Å²) in [4.78, 5) is 24.2. The number of aliphatic carboxylic acids is 1. The first kappa shape index (κ1) is 14.6. The van der Waals surface area contributed by atoms with Crippen molar-refractivity contribution in [3.8, 4) is 0 Å². The number of allylic oxidation sites excluding steroid dienone is 4. The predicted octanol–water partition coefficient (Wildman–Crippen LogP) is 1.76. The van der Waals surface area contributed by atoms with Crippen molar-refractivity contribution in [2.75, 3.05) is 5.32 Å². The Morgan fingerprint density at radius 1 is 1.00 bits per heavy atom. The molecule has 1 N–H and O–H groups in total. The highest BCUT2D eigenvalue weighted by molar-refractivity contribution is 5.97. The lowest BCUT2D eigenvalue weighted by molar-refractivity contribution is -0.313. The molecule has 0 heterocycles. The Bertz CT molecular complexity index is 671. The summed E-state index contributed by atoms with van der Waals surface area (Å²) >= 11 is 0. The van der Waals surface area contributed by atoms with Crippen molar-refractivity contribution >= 4 is 17.6 Å². The lowest BCUT2D eigenvalue weighted by atomic mass is 9.82. The van der Waals surface area contributed by atoms with Crippen LogP contribution in [0.3, 0.4) is 0 Å². The molecule has 114 valence electrons. The predicted molar refractivity (Wildman–Crippen MR) is 81.6 cm³/mol. The fourth-order valence-electron chi connectivity index (χ4n) is 3.78. The van der Waals surface area contributed by atoms with E-state index >= 15 is 0 Å². The molecule has 0 saturated heterocycles. The van der Waals surface area contributed by atoms with Crippen molar-refractivity contribution in [2.24, 2.45) is 23.7 Å². The molecule has 1 aromatic rings. The third-order valence-corrected chi connectivity index (χ3v) is 4.60. The number of nitrogens with one attached hydrogen (secondary N) is 1. The van der Waals surface area contributed by atoms with Crippen LogP contribution in [0.4, 0.5) is 5.69 Å². The van der Waals surface area contributed by atoms with E-state index in [0.717, 1.165) is 11.1 Å². The molecule has 0 radical (unpaired) electrons. The monoisotopic (exact) mass is 296 g/mol. The van der Waals surface area contributed by atoms with Gasteiger partial charge in [-0.15, -0.1) is 0 Å². The molecule has 4 atom stereocenters. The van der Waals surface area contributed by atoms with Gasteiger partial charge in [-0.05, 0) is 26.0 Å². The van der Waals surface area contributed by atoms with Crippen molar-refractivity contribution in [2.45, 2.75) is 13.8 Å². The first-order valence-electron chi connectivity index (χ1n) is 7.43. The first-order valence-corrected chi connectivity index (χ1v) is 7.43. The number of hydrogen-bond donors (Lipinski definition) is 1. The first-order chi connectivity index (χ1) is 10.5. The minimum Gasteiger partial charge on any atom is -0.550 e. The molecule has 1 aromatic carbocycles. The van der Waals surface area contributed by atoms with Gasteiger partial charge in [0.1, 0.15) is 0 Å². The minimum atomic E-state index is -1.15. The molecule has 3 rings (SSSR count). The number of fused-ring (bicyclic) bond motifs is 2. The molecular formula is C18H18NO3-. The lowest BCUT2D eigenvalue weighted by Crippen LogP contribution is -2.42. The van der Waals surface area contributed by atoms with Crippen LogP contribution in [0.15, 0.2) is 53.6 Å². The van der Waals surface area contributed by atoms with Crippen molar-refractivity contribution in [3.63, 3.8) is 0 Å². The highest BCUT2D eigenvalue weighted by atomic mass is 16.4. The van der Waals surface area contributed by atoms with Crippen molar-refractivity contribution in [3.05, 3.63) is 53.6 Å². The molecule has 1 amide bonds. The number of carboxylic acids is 1. The van der Waals surface area contributed by atoms with Gasteiger partial charge >= 0.3 is 0 Å². The second kappa shape index (κ2) is 5.44. The Morgan fingerprint density at radius 2 is 1.59 bits per heavy atom. The number of carboxylic acid groups (broad SMARTS) is 1. The van der Waals surface area contributed by atoms with E-state index in [9.17, 15) is 14.7 Å². The van der Waals surface area contributed by atoms with Crippen LogP contribution < -0.4 is 10.4 Å². The highest BCUT2D eigenvalue weighted by Gasteiger charge is 2.52. The van der Waals surface area contributed by atoms with Gasteiger partial charge in [-0.2, -0.15) is 0 Å². The van der Waals surface area contributed by atoms with Crippen LogP contribution in [0.2, 0.25) is 0 Å². The minimum absolute atomic E-state index is 0.137. The van der Waals surface area contributed by atoms with Gasteiger partial charge in [0.05, 0.1) is 5.92 Å². The van der Waals surface area contributed by atoms with Crippen molar-refractivity contribution in [1.29, 1.82) is 0 Å². The smallest absolute Gasteiger partial charge is 0.229 e. The average Bonchev–Trinajstić information content (AvgIpc) is 3.03. The van der Waals surface area contributed by atoms with Crippen LogP contribution in [-0.2, 0) is 9.59 Å². The summed E-state index contributed by atoms with van der Waals surface area (Å²) in [6.07, 6.45) is 3.86. The van der Waals surface area contributed by atoms with Gasteiger partial charge in [-0.3, -0.25) is 4.79 Å². The standard InChI is InChI=1S/C18H19NO3/c1-10(2)14-12-8-9-13(14)16(18(21)22)15(12)17(20)19-11-6-4-3-5-7-11/h3-9,12-13,15-16H,1-2H3,(H,19,20)(H,21,22)/p-1/t12-,13+,15+,16-/m0/s1. The zero-order chi connectivity index (χ0) is 15.9. The van der Waals surface area contributed by atoms with Crippen molar-refractivity contribution in [1.82, 2.24) is 0 Å². The number of amides is 1. The van der Waals surface area contributed by atoms with Crippen LogP contribution in [0, 0.1) is 23.7 Å². The Kier molecular flexibility index (Phi) is 3.61. The third kappa shape index (κ3) is 2.25. The van der Waals surface area contributed by atoms with Gasteiger partial charge in [0.15, 0.2) is 0 Å². The van der Waals surface area contributed by atoms with E-state index in [1.54, 1.807) is 12.1 Å². The maximum Gasteiger partial charge on any atom is 0.229 e. The van der Waals surface area contributed by atoms with Crippen LogP contribution >= 0.6 is 0 Å². The van der Waals surface area contributed by atoms with Crippen LogP contribution in [-0.4, -0.2) is 11.9 Å². The van der Waals surface area contributed by atoms with Gasteiger partial charge in [-0.25, -0.2) is 0 Å². The van der Waals surface area contributed by atoms with E-state index in [1.165, 1.54) is 0 Å². The molecule has 0 aromatic heterocycles. The van der Waals surface area contributed by atoms with E-state index in [-0.39, 0.29) is 17.7 Å². The molecule has 2 aliphatic rings. The van der Waals surface area contributed by atoms with E-state index < -0.39 is 17.8 Å². The quantitative estimate of drug-likeness (QED) is 0.864. The zero-order valence-corrected chi connectivity index (χ0v) is 12.6. The Morgan fingerprint density at radius 3 is 2.14 bits per heavy atom. The SMILES string of the molecule is CC(C)=C1[C@H]2C=C[C@@H]1[C@@H](C(=O)Nc1ccccc1)[C@H]2C(=O)[O-]. The normalized spacial score (nSPS) is 28.7. The zero-order valence-electron chi connectivity index (χ0n) is 12.6. The Labute approximate surface area is 129 Å². The van der Waals surface area contributed by atoms with Crippen LogP contribution in [0.25, 0.3) is 0 Å². The fourth-order valence-corrected chi connectivity index (χ4v) is 3.78. The second-order valence-electron chi connectivity index (χ2n) is 6.12. The van der Waals surface area contributed by atoms with Crippen LogP contribution in [0.5, 0.6) is 0 Å². The molecule has 2 bridgehead atoms. The summed E-state index contributed by atoms with van der Waals surface area (Å²) in [6, 6.07) is 9.09. The molecule has 4 heteroatoms. The summed E-state index contributed by atoms with van der Waals surface area (Å²) in [5.74, 6) is -3.15. The number of benzene rings is 1. The largest absolute Gasteiger partial charge is 0.550 e. The van der Waals surface area contributed by atoms with E-state index in [0.29, 0.717) is 5.69 Å². The van der Waals surface area contributed by atoms with Gasteiger partial charge in [0, 0.05) is 29.4 Å². The summed E-state index contributed by atoms with van der Waals surface area (Å²) in [7, 11) is 0. The highest BCUT2D eigenvalue weighted by Crippen LogP contribution is 2.53. The molecular weight excluding hydrogens is 278 g/mol. The Hall–Kier alpha value is -2.36. The van der Waals surface area contributed by atoms with E-state index in [4.69, 9.17) is 0 Å². The molecule has 1 fully saturated rings. The number of anilines is 1. The Balaban J connectivity index is 1.92. The van der Waals surface area contributed by atoms with Gasteiger partial charge in [0.2, 0.25) is 5.91 Å². The topological polar surface area (TPSA) is 69.2 Å². The van der Waals surface area contributed by atoms with E-state index in [2.05, 4.69) is 5.32 Å². The lowest BCUT2D eigenvalue weighted by Gasteiger charge is -2.27. The summed E-state index contributed by atoms with van der Waals surface area (Å²) in [5.41, 5.74) is 2.82. The molecule has 0 unspecified atom stereocenters. The number of para-hydroxylation sites is 1. The van der Waals surface area contributed by atoms with E-state index in [1.807, 2.05) is 44.2 Å². The second-order valence-corrected chi connectivity index (χ2v) is 6.12. The molecule has 4 nitrogen and oxygen atoms in total. The van der Waals surface area contributed by atoms with Gasteiger partial charge in [0.25, 0.3) is 0 Å². The summed E-state index contributed by atoms with van der Waals surface area (Å²) in [5, 5.41) is 14.4. The summed E-state index contributed by atoms with van der Waals surface area (Å²) in [6.45, 7) is 3.93. The number of carbonyl (C=O) groups excluding carboxylic acids is 2. The molecule has 22 heavy (non-hydrogen) atoms. The third-order valence-electron chi connectivity index (χ3n) is 4.60. The molecule has 0 spiro atoms. The molecule has 0 aliphatic heterocycles. The fraction of sp³-hybridized carbons (Fsp3) is 0.333. The van der Waals surface area contributed by atoms with Gasteiger partial charge in [-0.1, -0.05) is 41.5 Å². The maximum absolute atomic E-state index is 12.6. The van der Waals surface area contributed by atoms with Crippen LogP contribution in [0.1, 0.15) is 13.8 Å². The van der Waals surface area contributed by atoms with Gasteiger partial charge < -0.3 is 15.2 Å². The summed E-state index contributed by atoms with van der Waals surface area (Å²) < 4.78 is 0. The molecule has 2 aliphatic carbocycles. The molecule has 1 saturated carbocycles.